The van der Waals surface area contributed by atoms with E-state index in [1.54, 1.807) is 6.20 Å². The molecule has 1 aliphatic rings. The molecule has 0 aliphatic carbocycles. The molecule has 0 saturated carbocycles. The predicted octanol–water partition coefficient (Wildman–Crippen LogP) is 1.32. The van der Waals surface area contributed by atoms with Gasteiger partial charge in [0.05, 0.1) is 6.20 Å². The summed E-state index contributed by atoms with van der Waals surface area (Å²) < 4.78 is 0. The van der Waals surface area contributed by atoms with Gasteiger partial charge in [0.15, 0.2) is 0 Å². The fourth-order valence-electron chi connectivity index (χ4n) is 1.01. The minimum Gasteiger partial charge on any atom is -0.376 e. The fourth-order valence-corrected chi connectivity index (χ4v) is 1.01. The van der Waals surface area contributed by atoms with Crippen molar-refractivity contribution in [3.05, 3.63) is 17.3 Å². The zero-order valence-electron chi connectivity index (χ0n) is 5.29. The standard InChI is InChI=1S/C6H10N2O/c9-7-3-6-8-4-1-2-5-8/h3,6H,1-2,4-5H2/b6-3+. The average Bonchev–Trinajstić information content (AvgIpc) is 2.34. The van der Waals surface area contributed by atoms with Crippen LogP contribution in [0.25, 0.3) is 0 Å². The fraction of sp³-hybridized carbons (Fsp3) is 0.667. The number of hydrogen-bond donors (Lipinski definition) is 0. The van der Waals surface area contributed by atoms with Crippen LogP contribution >= 0.6 is 0 Å². The number of hydrogen-bond acceptors (Lipinski definition) is 3. The van der Waals surface area contributed by atoms with E-state index in [1.807, 2.05) is 0 Å². The highest BCUT2D eigenvalue weighted by atomic mass is 16.2. The summed E-state index contributed by atoms with van der Waals surface area (Å²) in [4.78, 5) is 11.7. The highest BCUT2D eigenvalue weighted by Gasteiger charge is 2.05. The number of nitroso groups, excluding NO2 is 1. The normalized spacial score (nSPS) is 19.3. The monoisotopic (exact) mass is 126 g/mol. The Bertz CT molecular complexity index is 116. The highest BCUT2D eigenvalue weighted by molar-refractivity contribution is 4.82. The second-order valence-corrected chi connectivity index (χ2v) is 2.15. The lowest BCUT2D eigenvalue weighted by Crippen LogP contribution is -2.09. The largest absolute Gasteiger partial charge is 0.376 e. The van der Waals surface area contributed by atoms with Gasteiger partial charge in [-0.2, -0.15) is 0 Å². The van der Waals surface area contributed by atoms with Crippen LogP contribution in [0.2, 0.25) is 0 Å². The first-order valence-corrected chi connectivity index (χ1v) is 3.16. The van der Waals surface area contributed by atoms with Crippen LogP contribution in [-0.2, 0) is 0 Å². The summed E-state index contributed by atoms with van der Waals surface area (Å²) in [7, 11) is 0. The van der Waals surface area contributed by atoms with Crippen LogP contribution in [0.5, 0.6) is 0 Å². The van der Waals surface area contributed by atoms with E-state index in [-0.39, 0.29) is 0 Å². The van der Waals surface area contributed by atoms with Crippen LogP contribution in [0, 0.1) is 4.91 Å². The van der Waals surface area contributed by atoms with Gasteiger partial charge in [-0.15, -0.1) is 4.91 Å². The molecule has 1 fully saturated rings. The van der Waals surface area contributed by atoms with Crippen LogP contribution in [0.3, 0.4) is 0 Å². The summed E-state index contributed by atoms with van der Waals surface area (Å²) in [6.07, 6.45) is 5.53. The maximum absolute atomic E-state index is 9.60. The Kier molecular flexibility index (Phi) is 2.24. The van der Waals surface area contributed by atoms with Crippen LogP contribution in [0.15, 0.2) is 17.6 Å². The Labute approximate surface area is 54.3 Å². The van der Waals surface area contributed by atoms with Crippen molar-refractivity contribution in [1.82, 2.24) is 4.90 Å². The van der Waals surface area contributed by atoms with Gasteiger partial charge < -0.3 is 4.90 Å². The molecule has 1 saturated heterocycles. The zero-order valence-corrected chi connectivity index (χ0v) is 5.29. The molecule has 0 atom stereocenters. The Morgan fingerprint density at radius 3 is 2.56 bits per heavy atom. The third-order valence-electron chi connectivity index (χ3n) is 1.48. The Hall–Kier alpha value is -0.860. The minimum atomic E-state index is 1.08. The van der Waals surface area contributed by atoms with E-state index in [4.69, 9.17) is 0 Å². The summed E-state index contributed by atoms with van der Waals surface area (Å²) in [5, 5.41) is 2.63. The van der Waals surface area contributed by atoms with Gasteiger partial charge in [0, 0.05) is 19.3 Å². The maximum atomic E-state index is 9.60. The second-order valence-electron chi connectivity index (χ2n) is 2.15. The molecule has 0 bridgehead atoms. The lowest BCUT2D eigenvalue weighted by molar-refractivity contribution is 0.467. The molecule has 0 aromatic rings. The van der Waals surface area contributed by atoms with Crippen molar-refractivity contribution in [2.75, 3.05) is 13.1 Å². The van der Waals surface area contributed by atoms with Gasteiger partial charge in [0.1, 0.15) is 0 Å². The summed E-state index contributed by atoms with van der Waals surface area (Å²) in [6, 6.07) is 0. The maximum Gasteiger partial charge on any atom is 0.0873 e. The van der Waals surface area contributed by atoms with Crippen LogP contribution < -0.4 is 0 Å². The van der Waals surface area contributed by atoms with E-state index < -0.39 is 0 Å². The minimum absolute atomic E-state index is 1.08. The first-order chi connectivity index (χ1) is 4.43. The van der Waals surface area contributed by atoms with Crippen molar-refractivity contribution >= 4 is 0 Å². The Morgan fingerprint density at radius 2 is 2.00 bits per heavy atom. The molecular formula is C6H10N2O. The third kappa shape index (κ3) is 1.83. The molecule has 0 unspecified atom stereocenters. The first kappa shape index (κ1) is 6.26. The van der Waals surface area contributed by atoms with Crippen LogP contribution in [0.1, 0.15) is 12.8 Å². The summed E-state index contributed by atoms with van der Waals surface area (Å²) in [6.45, 7) is 2.15. The molecule has 3 heteroatoms. The third-order valence-corrected chi connectivity index (χ3v) is 1.48. The summed E-state index contributed by atoms with van der Waals surface area (Å²) in [5.74, 6) is 0. The molecule has 9 heavy (non-hydrogen) atoms. The Morgan fingerprint density at radius 1 is 1.33 bits per heavy atom. The van der Waals surface area contributed by atoms with Gasteiger partial charge in [-0.25, -0.2) is 0 Å². The van der Waals surface area contributed by atoms with E-state index in [0.29, 0.717) is 0 Å². The SMILES string of the molecule is O=N/C=C/N1CCCC1. The van der Waals surface area contributed by atoms with Crippen LogP contribution in [-0.4, -0.2) is 18.0 Å². The molecule has 1 aliphatic heterocycles. The quantitative estimate of drug-likeness (QED) is 0.523. The van der Waals surface area contributed by atoms with E-state index in [0.717, 1.165) is 13.1 Å². The van der Waals surface area contributed by atoms with Gasteiger partial charge in [-0.3, -0.25) is 0 Å². The van der Waals surface area contributed by atoms with Gasteiger partial charge in [-0.05, 0) is 18.0 Å². The molecule has 0 radical (unpaired) electrons. The van der Waals surface area contributed by atoms with Crippen molar-refractivity contribution in [2.45, 2.75) is 12.8 Å². The average molecular weight is 126 g/mol. The van der Waals surface area contributed by atoms with E-state index in [1.165, 1.54) is 19.0 Å². The summed E-state index contributed by atoms with van der Waals surface area (Å²) in [5.41, 5.74) is 0. The van der Waals surface area contributed by atoms with Gasteiger partial charge in [-0.1, -0.05) is 0 Å². The predicted molar refractivity (Wildman–Crippen MR) is 35.7 cm³/mol. The van der Waals surface area contributed by atoms with Crippen molar-refractivity contribution in [2.24, 2.45) is 5.18 Å². The molecule has 0 N–H and O–H groups in total. The van der Waals surface area contributed by atoms with Gasteiger partial charge in [0.25, 0.3) is 0 Å². The Balaban J connectivity index is 2.25. The molecule has 0 aromatic carbocycles. The molecule has 0 spiro atoms. The molecule has 0 aromatic heterocycles. The highest BCUT2D eigenvalue weighted by Crippen LogP contribution is 2.06. The molecule has 0 amide bonds. The van der Waals surface area contributed by atoms with Crippen molar-refractivity contribution < 1.29 is 0 Å². The molecule has 1 heterocycles. The number of rotatable bonds is 2. The van der Waals surface area contributed by atoms with Gasteiger partial charge in [0.2, 0.25) is 0 Å². The van der Waals surface area contributed by atoms with E-state index in [2.05, 4.69) is 10.1 Å². The van der Waals surface area contributed by atoms with Gasteiger partial charge >= 0.3 is 0 Å². The zero-order chi connectivity index (χ0) is 6.53. The molecular weight excluding hydrogens is 116 g/mol. The summed E-state index contributed by atoms with van der Waals surface area (Å²) >= 11 is 0. The lowest BCUT2D eigenvalue weighted by Gasteiger charge is -2.07. The molecule has 50 valence electrons. The van der Waals surface area contributed by atoms with Crippen molar-refractivity contribution in [3.8, 4) is 0 Å². The molecule has 3 nitrogen and oxygen atoms in total. The second kappa shape index (κ2) is 3.22. The van der Waals surface area contributed by atoms with Crippen LogP contribution in [0.4, 0.5) is 0 Å². The smallest absolute Gasteiger partial charge is 0.0873 e. The number of nitrogens with zero attached hydrogens (tertiary/aromatic N) is 2. The van der Waals surface area contributed by atoms with E-state index >= 15 is 0 Å². The number of likely N-dealkylation sites (tertiary alicyclic amines) is 1. The van der Waals surface area contributed by atoms with Crippen molar-refractivity contribution in [3.63, 3.8) is 0 Å². The molecule has 1 rings (SSSR count). The van der Waals surface area contributed by atoms with Crippen molar-refractivity contribution in [1.29, 1.82) is 0 Å². The lowest BCUT2D eigenvalue weighted by atomic mass is 10.4. The van der Waals surface area contributed by atoms with E-state index in [9.17, 15) is 4.91 Å². The topological polar surface area (TPSA) is 32.7 Å². The first-order valence-electron chi connectivity index (χ1n) is 3.16.